The molecule has 0 saturated heterocycles. The van der Waals surface area contributed by atoms with Gasteiger partial charge in [0.2, 0.25) is 11.1 Å². The number of hydrogen-bond donors (Lipinski definition) is 2. The summed E-state index contributed by atoms with van der Waals surface area (Å²) in [7, 11) is 1.63. The van der Waals surface area contributed by atoms with Gasteiger partial charge in [0.1, 0.15) is 11.5 Å². The molecule has 0 fully saturated rings. The SMILES string of the molecule is COc1ccccc1Nc1nc(SCc2cc(C)on2)n[nH]1. The van der Waals surface area contributed by atoms with Gasteiger partial charge in [0.25, 0.3) is 0 Å². The van der Waals surface area contributed by atoms with Gasteiger partial charge in [-0.05, 0) is 19.1 Å². The molecule has 2 heterocycles. The average molecular weight is 317 g/mol. The highest BCUT2D eigenvalue weighted by Gasteiger charge is 2.08. The number of H-pyrrole nitrogens is 1. The van der Waals surface area contributed by atoms with Crippen molar-refractivity contribution in [2.75, 3.05) is 12.4 Å². The highest BCUT2D eigenvalue weighted by atomic mass is 32.2. The summed E-state index contributed by atoms with van der Waals surface area (Å²) in [4.78, 5) is 4.37. The number of para-hydroxylation sites is 2. The molecule has 7 nitrogen and oxygen atoms in total. The van der Waals surface area contributed by atoms with E-state index in [1.165, 1.54) is 11.8 Å². The zero-order valence-electron chi connectivity index (χ0n) is 12.2. The van der Waals surface area contributed by atoms with Crippen molar-refractivity contribution in [2.24, 2.45) is 0 Å². The molecular weight excluding hydrogens is 302 g/mol. The highest BCUT2D eigenvalue weighted by molar-refractivity contribution is 7.98. The molecule has 0 spiro atoms. The fourth-order valence-corrected chi connectivity index (χ4v) is 2.55. The van der Waals surface area contributed by atoms with E-state index < -0.39 is 0 Å². The Hall–Kier alpha value is -2.48. The van der Waals surface area contributed by atoms with Gasteiger partial charge in [0.05, 0.1) is 18.5 Å². The number of anilines is 2. The Morgan fingerprint density at radius 1 is 1.36 bits per heavy atom. The Bertz CT molecular complexity index is 755. The molecule has 0 atom stereocenters. The van der Waals surface area contributed by atoms with Crippen molar-refractivity contribution >= 4 is 23.4 Å². The molecule has 2 N–H and O–H groups in total. The van der Waals surface area contributed by atoms with Gasteiger partial charge < -0.3 is 14.6 Å². The lowest BCUT2D eigenvalue weighted by Crippen LogP contribution is -1.95. The summed E-state index contributed by atoms with van der Waals surface area (Å²) in [6.07, 6.45) is 0. The topological polar surface area (TPSA) is 88.9 Å². The van der Waals surface area contributed by atoms with Crippen LogP contribution in [0.1, 0.15) is 11.5 Å². The van der Waals surface area contributed by atoms with E-state index in [0.717, 1.165) is 22.9 Å². The minimum absolute atomic E-state index is 0.559. The molecule has 0 bridgehead atoms. The van der Waals surface area contributed by atoms with Gasteiger partial charge in [-0.1, -0.05) is 29.1 Å². The highest BCUT2D eigenvalue weighted by Crippen LogP contribution is 2.26. The normalized spacial score (nSPS) is 10.6. The van der Waals surface area contributed by atoms with Gasteiger partial charge in [-0.15, -0.1) is 5.10 Å². The van der Waals surface area contributed by atoms with Gasteiger partial charge in [-0.3, -0.25) is 0 Å². The first-order valence-electron chi connectivity index (χ1n) is 6.62. The third-order valence-corrected chi connectivity index (χ3v) is 3.73. The van der Waals surface area contributed by atoms with E-state index in [-0.39, 0.29) is 0 Å². The molecule has 3 rings (SSSR count). The summed E-state index contributed by atoms with van der Waals surface area (Å²) in [5.41, 5.74) is 1.69. The predicted molar refractivity (Wildman–Crippen MR) is 83.5 cm³/mol. The zero-order chi connectivity index (χ0) is 15.4. The average Bonchev–Trinajstić information content (AvgIpc) is 3.15. The molecule has 0 saturated carbocycles. The van der Waals surface area contributed by atoms with E-state index in [4.69, 9.17) is 9.26 Å². The third-order valence-electron chi connectivity index (χ3n) is 2.85. The lowest BCUT2D eigenvalue weighted by Gasteiger charge is -2.07. The van der Waals surface area contributed by atoms with Gasteiger partial charge in [-0.2, -0.15) is 4.98 Å². The summed E-state index contributed by atoms with van der Waals surface area (Å²) in [5.74, 6) is 2.75. The van der Waals surface area contributed by atoms with E-state index in [0.29, 0.717) is 16.9 Å². The summed E-state index contributed by atoms with van der Waals surface area (Å²) < 4.78 is 10.3. The van der Waals surface area contributed by atoms with Gasteiger partial charge in [0.15, 0.2) is 0 Å². The minimum atomic E-state index is 0.559. The van der Waals surface area contributed by atoms with Crippen LogP contribution in [-0.4, -0.2) is 27.4 Å². The molecule has 22 heavy (non-hydrogen) atoms. The third kappa shape index (κ3) is 3.40. The maximum Gasteiger partial charge on any atom is 0.224 e. The number of benzene rings is 1. The van der Waals surface area contributed by atoms with E-state index in [1.807, 2.05) is 37.3 Å². The Labute approximate surface area is 131 Å². The number of aryl methyl sites for hydroxylation is 1. The number of nitrogens with zero attached hydrogens (tertiary/aromatic N) is 3. The number of hydrogen-bond acceptors (Lipinski definition) is 7. The van der Waals surface area contributed by atoms with E-state index in [1.54, 1.807) is 7.11 Å². The molecular formula is C14H15N5O2S. The van der Waals surface area contributed by atoms with Crippen LogP contribution in [0.15, 0.2) is 40.0 Å². The quantitative estimate of drug-likeness (QED) is 0.675. The van der Waals surface area contributed by atoms with Crippen molar-refractivity contribution in [2.45, 2.75) is 17.8 Å². The first-order valence-corrected chi connectivity index (χ1v) is 7.60. The molecule has 114 valence electrons. The van der Waals surface area contributed by atoms with Crippen molar-refractivity contribution in [1.82, 2.24) is 20.3 Å². The molecule has 0 aliphatic heterocycles. The summed E-state index contributed by atoms with van der Waals surface area (Å²) in [5, 5.41) is 14.7. The first-order chi connectivity index (χ1) is 10.7. The van der Waals surface area contributed by atoms with Crippen LogP contribution in [0, 0.1) is 6.92 Å². The number of nitrogens with one attached hydrogen (secondary N) is 2. The molecule has 0 aliphatic rings. The maximum atomic E-state index is 5.28. The van der Waals surface area contributed by atoms with Crippen molar-refractivity contribution in [3.05, 3.63) is 41.8 Å². The van der Waals surface area contributed by atoms with Crippen molar-refractivity contribution < 1.29 is 9.26 Å². The lowest BCUT2D eigenvalue weighted by atomic mass is 10.3. The summed E-state index contributed by atoms with van der Waals surface area (Å²) in [6.45, 7) is 1.86. The molecule has 0 aliphatic carbocycles. The number of aromatic amines is 1. The zero-order valence-corrected chi connectivity index (χ0v) is 13.0. The smallest absolute Gasteiger partial charge is 0.224 e. The van der Waals surface area contributed by atoms with Crippen molar-refractivity contribution in [3.8, 4) is 5.75 Å². The molecule has 8 heteroatoms. The molecule has 0 radical (unpaired) electrons. The Kier molecular flexibility index (Phi) is 4.29. The fraction of sp³-hybridized carbons (Fsp3) is 0.214. The summed E-state index contributed by atoms with van der Waals surface area (Å²) >= 11 is 1.48. The lowest BCUT2D eigenvalue weighted by molar-refractivity contribution is 0.393. The van der Waals surface area contributed by atoms with Crippen LogP contribution >= 0.6 is 11.8 Å². The van der Waals surface area contributed by atoms with Crippen LogP contribution in [0.2, 0.25) is 0 Å². The molecule has 1 aromatic carbocycles. The van der Waals surface area contributed by atoms with Crippen LogP contribution in [0.4, 0.5) is 11.6 Å². The molecule has 2 aromatic heterocycles. The standard InChI is InChI=1S/C14H15N5O2S/c1-9-7-10(19-21-9)8-22-14-16-13(17-18-14)15-11-5-3-4-6-12(11)20-2/h3-7H,8H2,1-2H3,(H2,15,16,17,18). The van der Waals surface area contributed by atoms with E-state index in [2.05, 4.69) is 25.7 Å². The van der Waals surface area contributed by atoms with Crippen LogP contribution in [0.5, 0.6) is 5.75 Å². The number of methoxy groups -OCH3 is 1. The summed E-state index contributed by atoms with van der Waals surface area (Å²) in [6, 6.07) is 9.51. The number of rotatable bonds is 6. The first kappa shape index (κ1) is 14.5. The molecule has 3 aromatic rings. The van der Waals surface area contributed by atoms with Crippen LogP contribution < -0.4 is 10.1 Å². The molecule has 0 unspecified atom stereocenters. The monoisotopic (exact) mass is 317 g/mol. The second-order valence-electron chi connectivity index (χ2n) is 4.51. The number of aromatic nitrogens is 4. The van der Waals surface area contributed by atoms with Crippen LogP contribution in [0.25, 0.3) is 0 Å². The van der Waals surface area contributed by atoms with E-state index in [9.17, 15) is 0 Å². The fourth-order valence-electron chi connectivity index (χ4n) is 1.87. The largest absolute Gasteiger partial charge is 0.495 e. The van der Waals surface area contributed by atoms with Crippen molar-refractivity contribution in [3.63, 3.8) is 0 Å². The van der Waals surface area contributed by atoms with Gasteiger partial charge in [0, 0.05) is 11.8 Å². The van der Waals surface area contributed by atoms with Crippen molar-refractivity contribution in [1.29, 1.82) is 0 Å². The predicted octanol–water partition coefficient (Wildman–Crippen LogP) is 3.15. The minimum Gasteiger partial charge on any atom is -0.495 e. The maximum absolute atomic E-state index is 5.28. The van der Waals surface area contributed by atoms with Crippen LogP contribution in [0.3, 0.4) is 0 Å². The van der Waals surface area contributed by atoms with Gasteiger partial charge >= 0.3 is 0 Å². The second-order valence-corrected chi connectivity index (χ2v) is 5.45. The Morgan fingerprint density at radius 2 is 2.23 bits per heavy atom. The second kappa shape index (κ2) is 6.52. The van der Waals surface area contributed by atoms with E-state index >= 15 is 0 Å². The van der Waals surface area contributed by atoms with Gasteiger partial charge in [-0.25, -0.2) is 5.10 Å². The number of ether oxygens (including phenoxy) is 1. The molecule has 0 amide bonds. The Morgan fingerprint density at radius 3 is 3.00 bits per heavy atom. The van der Waals surface area contributed by atoms with Crippen LogP contribution in [-0.2, 0) is 5.75 Å². The number of thioether (sulfide) groups is 1. The Balaban J connectivity index is 1.63.